The van der Waals surface area contributed by atoms with Gasteiger partial charge in [0.2, 0.25) is 0 Å². The molecule has 2 atom stereocenters. The van der Waals surface area contributed by atoms with Gasteiger partial charge in [-0.2, -0.15) is 0 Å². The maximum atomic E-state index is 13.6. The summed E-state index contributed by atoms with van der Waals surface area (Å²) in [6, 6.07) is 20.2. The topological polar surface area (TPSA) is 63.6 Å². The van der Waals surface area contributed by atoms with Gasteiger partial charge in [0.15, 0.2) is 0 Å². The smallest absolute Gasteiger partial charge is 0.312 e. The van der Waals surface area contributed by atoms with Gasteiger partial charge in [-0.05, 0) is 119 Å². The van der Waals surface area contributed by atoms with Gasteiger partial charge in [-0.1, -0.05) is 38.1 Å². The molecular formula is C33H36Br2F2O4S2. The first-order chi connectivity index (χ1) is 20.2. The lowest BCUT2D eigenvalue weighted by Gasteiger charge is -2.31. The number of benzene rings is 2. The van der Waals surface area contributed by atoms with E-state index in [1.807, 2.05) is 58.0 Å². The third kappa shape index (κ3) is 9.30. The number of esters is 1. The van der Waals surface area contributed by atoms with Gasteiger partial charge in [0.1, 0.15) is 11.6 Å². The van der Waals surface area contributed by atoms with Gasteiger partial charge in [-0.3, -0.25) is 9.59 Å². The van der Waals surface area contributed by atoms with Gasteiger partial charge >= 0.3 is 11.9 Å². The summed E-state index contributed by atoms with van der Waals surface area (Å²) < 4.78 is 33.9. The Hall–Kier alpha value is -2.40. The highest BCUT2D eigenvalue weighted by Gasteiger charge is 2.41. The second-order valence-electron chi connectivity index (χ2n) is 10.5. The molecule has 10 heteroatoms. The number of methoxy groups -OCH3 is 1. The number of carbonyl (C=O) groups excluding carboxylic acids is 1. The predicted molar refractivity (Wildman–Crippen MR) is 179 cm³/mol. The molecule has 0 aliphatic carbocycles. The molecule has 2 aromatic heterocycles. The van der Waals surface area contributed by atoms with Crippen molar-refractivity contribution >= 4 is 66.5 Å². The van der Waals surface area contributed by atoms with E-state index in [1.165, 1.54) is 54.0 Å². The lowest BCUT2D eigenvalue weighted by Crippen LogP contribution is -2.33. The van der Waals surface area contributed by atoms with Crippen LogP contribution < -0.4 is 0 Å². The number of hydrogen-bond acceptors (Lipinski definition) is 5. The molecule has 2 aromatic carbocycles. The minimum atomic E-state index is -1.03. The van der Waals surface area contributed by atoms with Gasteiger partial charge in [-0.25, -0.2) is 8.78 Å². The summed E-state index contributed by atoms with van der Waals surface area (Å²) in [5.74, 6) is -2.56. The second kappa shape index (κ2) is 16.1. The Kier molecular flexibility index (Phi) is 13.7. The van der Waals surface area contributed by atoms with Crippen molar-refractivity contribution in [2.24, 2.45) is 10.8 Å². The van der Waals surface area contributed by atoms with Crippen LogP contribution in [0.3, 0.4) is 0 Å². The molecule has 232 valence electrons. The number of carboxylic acids is 1. The Morgan fingerprint density at radius 3 is 1.44 bits per heavy atom. The van der Waals surface area contributed by atoms with E-state index in [4.69, 9.17) is 4.74 Å². The number of ether oxygens (including phenoxy) is 1. The molecule has 43 heavy (non-hydrogen) atoms. The average molecular weight is 759 g/mol. The first-order valence-electron chi connectivity index (χ1n) is 13.5. The summed E-state index contributed by atoms with van der Waals surface area (Å²) in [6.45, 7) is 11.0. The first-order valence-corrected chi connectivity index (χ1v) is 16.7. The Balaban J connectivity index is 0.000000284. The van der Waals surface area contributed by atoms with Crippen molar-refractivity contribution in [1.82, 2.24) is 0 Å². The highest BCUT2D eigenvalue weighted by Crippen LogP contribution is 2.46. The van der Waals surface area contributed by atoms with Gasteiger partial charge in [0.25, 0.3) is 0 Å². The molecule has 0 fully saturated rings. The molecule has 0 bridgehead atoms. The Bertz CT molecular complexity index is 1510. The minimum Gasteiger partial charge on any atom is -0.481 e. The largest absolute Gasteiger partial charge is 0.481 e. The number of carbonyl (C=O) groups is 2. The SMILES string of the molecule is CC.CC(C)(C(=O)O)C(c1cccc(F)c1)c1ccc(Br)s1.COC(=O)C(C)(C)C(c1cccc(F)c1)c1ccc(Br)s1. The number of thiophene rings is 2. The van der Waals surface area contributed by atoms with Crippen LogP contribution in [-0.2, 0) is 14.3 Å². The zero-order chi connectivity index (χ0) is 32.5. The van der Waals surface area contributed by atoms with Gasteiger partial charge in [-0.15, -0.1) is 22.7 Å². The van der Waals surface area contributed by atoms with E-state index in [-0.39, 0.29) is 23.5 Å². The summed E-state index contributed by atoms with van der Waals surface area (Å²) >= 11 is 9.83. The first kappa shape index (κ1) is 36.8. The summed E-state index contributed by atoms with van der Waals surface area (Å²) in [6.07, 6.45) is 0. The molecule has 0 spiro atoms. The third-order valence-electron chi connectivity index (χ3n) is 6.83. The van der Waals surface area contributed by atoms with Gasteiger partial charge < -0.3 is 9.84 Å². The zero-order valence-corrected chi connectivity index (χ0v) is 29.9. The molecule has 0 amide bonds. The Morgan fingerprint density at radius 2 is 1.14 bits per heavy atom. The van der Waals surface area contributed by atoms with Crippen molar-refractivity contribution in [2.45, 2.75) is 53.4 Å². The normalized spacial score (nSPS) is 12.6. The number of carboxylic acid groups (broad SMARTS) is 1. The molecule has 4 rings (SSSR count). The molecule has 4 aromatic rings. The average Bonchev–Trinajstić information content (AvgIpc) is 3.57. The van der Waals surface area contributed by atoms with Crippen LogP contribution in [0.15, 0.2) is 80.4 Å². The number of rotatable bonds is 8. The van der Waals surface area contributed by atoms with E-state index in [0.29, 0.717) is 5.56 Å². The van der Waals surface area contributed by atoms with E-state index >= 15 is 0 Å². The minimum absolute atomic E-state index is 0.267. The maximum Gasteiger partial charge on any atom is 0.312 e. The highest BCUT2D eigenvalue weighted by molar-refractivity contribution is 9.11. The molecule has 0 saturated carbocycles. The fourth-order valence-electron chi connectivity index (χ4n) is 4.72. The summed E-state index contributed by atoms with van der Waals surface area (Å²) in [4.78, 5) is 25.7. The van der Waals surface area contributed by atoms with Crippen LogP contribution in [0.1, 0.15) is 74.3 Å². The van der Waals surface area contributed by atoms with Gasteiger partial charge in [0.05, 0.1) is 25.5 Å². The van der Waals surface area contributed by atoms with Crippen LogP contribution >= 0.6 is 54.5 Å². The number of hydrogen-bond donors (Lipinski definition) is 1. The van der Waals surface area contributed by atoms with Gasteiger partial charge in [0, 0.05) is 21.6 Å². The van der Waals surface area contributed by atoms with Crippen molar-refractivity contribution in [2.75, 3.05) is 7.11 Å². The predicted octanol–water partition coefficient (Wildman–Crippen LogP) is 10.9. The molecule has 2 heterocycles. The second-order valence-corrected chi connectivity index (χ2v) is 15.5. The van der Waals surface area contributed by atoms with Crippen molar-refractivity contribution in [3.05, 3.63) is 113 Å². The summed E-state index contributed by atoms with van der Waals surface area (Å²) in [5, 5.41) is 9.51. The van der Waals surface area contributed by atoms with Crippen molar-refractivity contribution in [3.8, 4) is 0 Å². The van der Waals surface area contributed by atoms with E-state index in [0.717, 1.165) is 22.9 Å². The molecular weight excluding hydrogens is 722 g/mol. The van der Waals surface area contributed by atoms with E-state index in [9.17, 15) is 23.5 Å². The lowest BCUT2D eigenvalue weighted by atomic mass is 9.74. The van der Waals surface area contributed by atoms with E-state index in [2.05, 4.69) is 31.9 Å². The Morgan fingerprint density at radius 1 is 0.744 bits per heavy atom. The van der Waals surface area contributed by atoms with E-state index in [1.54, 1.807) is 32.0 Å². The fourth-order valence-corrected chi connectivity index (χ4v) is 8.19. The Labute approximate surface area is 277 Å². The standard InChI is InChI=1S/C16H16BrFO2S.C15H14BrFO2S.C2H6/c1-16(2,15(19)20-3)14(12-7-8-13(17)21-12)10-5-4-6-11(18)9-10;1-15(2,14(18)19)13(11-6-7-12(16)20-11)9-4-3-5-10(17)8-9;1-2/h4-9,14H,1-3H3;3-8,13H,1-2H3,(H,18,19);1-2H3. The highest BCUT2D eigenvalue weighted by atomic mass is 79.9. The number of aliphatic carboxylic acids is 1. The van der Waals surface area contributed by atoms with Crippen molar-refractivity contribution in [3.63, 3.8) is 0 Å². The van der Waals surface area contributed by atoms with E-state index < -0.39 is 22.7 Å². The van der Waals surface area contributed by atoms with Crippen LogP contribution in [0.2, 0.25) is 0 Å². The van der Waals surface area contributed by atoms with Crippen LogP contribution in [0, 0.1) is 22.5 Å². The molecule has 2 unspecified atom stereocenters. The molecule has 4 nitrogen and oxygen atoms in total. The molecule has 1 N–H and O–H groups in total. The maximum absolute atomic E-state index is 13.6. The quantitative estimate of drug-likeness (QED) is 0.182. The molecule has 0 saturated heterocycles. The van der Waals surface area contributed by atoms with Crippen LogP contribution in [0.25, 0.3) is 0 Å². The third-order valence-corrected chi connectivity index (χ3v) is 10.2. The van der Waals surface area contributed by atoms with Crippen molar-refractivity contribution in [1.29, 1.82) is 0 Å². The molecule has 0 aliphatic rings. The van der Waals surface area contributed by atoms with Crippen molar-refractivity contribution < 1.29 is 28.2 Å². The summed E-state index contributed by atoms with van der Waals surface area (Å²) in [5.41, 5.74) is -0.392. The lowest BCUT2D eigenvalue weighted by molar-refractivity contribution is -0.151. The van der Waals surface area contributed by atoms with Crippen LogP contribution in [0.5, 0.6) is 0 Å². The monoisotopic (exact) mass is 756 g/mol. The van der Waals surface area contributed by atoms with Crippen LogP contribution in [-0.4, -0.2) is 24.2 Å². The molecule has 0 radical (unpaired) electrons. The zero-order valence-electron chi connectivity index (χ0n) is 25.1. The number of halogens is 4. The summed E-state index contributed by atoms with van der Waals surface area (Å²) in [7, 11) is 1.37. The van der Waals surface area contributed by atoms with Crippen LogP contribution in [0.4, 0.5) is 8.78 Å². The fraction of sp³-hybridized carbons (Fsp3) is 0.333. The molecule has 0 aliphatic heterocycles.